The highest BCUT2D eigenvalue weighted by Gasteiger charge is 2.45. The van der Waals surface area contributed by atoms with E-state index in [0.717, 1.165) is 35.1 Å². The van der Waals surface area contributed by atoms with Gasteiger partial charge in [-0.2, -0.15) is 0 Å². The van der Waals surface area contributed by atoms with Crippen LogP contribution in [-0.2, 0) is 4.74 Å². The van der Waals surface area contributed by atoms with Crippen molar-refractivity contribution in [3.05, 3.63) is 84.6 Å². The van der Waals surface area contributed by atoms with Crippen molar-refractivity contribution in [1.82, 2.24) is 4.98 Å². The van der Waals surface area contributed by atoms with Gasteiger partial charge < -0.3 is 13.9 Å². The summed E-state index contributed by atoms with van der Waals surface area (Å²) < 4.78 is 17.8. The molecule has 0 saturated heterocycles. The molecule has 1 aliphatic rings. The Bertz CT molecular complexity index is 1610. The fraction of sp³-hybridized carbons (Fsp3) is 0.310. The minimum atomic E-state index is -0.804. The lowest BCUT2D eigenvalue weighted by molar-refractivity contribution is 0.0531. The van der Waals surface area contributed by atoms with E-state index in [1.807, 2.05) is 24.3 Å². The average Bonchev–Trinajstić information content (AvgIpc) is 3.45. The van der Waals surface area contributed by atoms with Crippen LogP contribution in [0.2, 0.25) is 0 Å². The third-order valence-electron chi connectivity index (χ3n) is 6.50. The van der Waals surface area contributed by atoms with Crippen molar-refractivity contribution in [2.75, 3.05) is 18.1 Å². The van der Waals surface area contributed by atoms with Gasteiger partial charge in [0.25, 0.3) is 5.91 Å². The quantitative estimate of drug-likeness (QED) is 0.151. The van der Waals surface area contributed by atoms with Crippen molar-refractivity contribution in [2.24, 2.45) is 0 Å². The molecule has 8 nitrogen and oxygen atoms in total. The lowest BCUT2D eigenvalue weighted by Crippen LogP contribution is -2.29. The van der Waals surface area contributed by atoms with Crippen molar-refractivity contribution >= 4 is 55.2 Å². The summed E-state index contributed by atoms with van der Waals surface area (Å²) in [5.41, 5.74) is 1.38. The standard InChI is InChI=1S/C29H27BrN2O6S/c1-4-6-7-14-37-19-11-8-17(9-12-19)23-22-24(33)20-15-18(30)10-13-21(20)38-25(22)27(34)32(23)29-31-16(3)26(39-29)28(35)36-5-2/h8-13,15,23H,4-7,14H2,1-3H3. The van der Waals surface area contributed by atoms with E-state index in [-0.39, 0.29) is 28.5 Å². The monoisotopic (exact) mass is 610 g/mol. The molecule has 0 saturated carbocycles. The molecular formula is C29H27BrN2O6S. The third kappa shape index (κ3) is 5.10. The Morgan fingerprint density at radius 2 is 1.90 bits per heavy atom. The molecule has 5 rings (SSSR count). The van der Waals surface area contributed by atoms with E-state index in [4.69, 9.17) is 13.9 Å². The Labute approximate surface area is 237 Å². The zero-order valence-corrected chi connectivity index (χ0v) is 24.2. The summed E-state index contributed by atoms with van der Waals surface area (Å²) >= 11 is 4.47. The molecule has 1 atom stereocenters. The van der Waals surface area contributed by atoms with Gasteiger partial charge in [-0.1, -0.05) is 59.2 Å². The van der Waals surface area contributed by atoms with Gasteiger partial charge in [0, 0.05) is 4.47 Å². The molecule has 0 spiro atoms. The highest BCUT2D eigenvalue weighted by molar-refractivity contribution is 9.10. The number of hydrogen-bond acceptors (Lipinski definition) is 8. The van der Waals surface area contributed by atoms with E-state index in [9.17, 15) is 14.4 Å². The first-order chi connectivity index (χ1) is 18.8. The zero-order chi connectivity index (χ0) is 27.7. The molecule has 2 aromatic carbocycles. The number of hydrogen-bond donors (Lipinski definition) is 0. The zero-order valence-electron chi connectivity index (χ0n) is 21.8. The van der Waals surface area contributed by atoms with E-state index in [0.29, 0.717) is 39.5 Å². The molecular weight excluding hydrogens is 584 g/mol. The van der Waals surface area contributed by atoms with Crippen molar-refractivity contribution in [3.8, 4) is 5.75 Å². The molecule has 2 aromatic heterocycles. The molecule has 202 valence electrons. The number of esters is 1. The largest absolute Gasteiger partial charge is 0.494 e. The lowest BCUT2D eigenvalue weighted by atomic mass is 9.98. The van der Waals surface area contributed by atoms with Crippen molar-refractivity contribution in [1.29, 1.82) is 0 Å². The first-order valence-corrected chi connectivity index (χ1v) is 14.4. The van der Waals surface area contributed by atoms with Gasteiger partial charge in [0.15, 0.2) is 10.6 Å². The van der Waals surface area contributed by atoms with Gasteiger partial charge in [-0.3, -0.25) is 14.5 Å². The van der Waals surface area contributed by atoms with Gasteiger partial charge in [0.2, 0.25) is 5.76 Å². The maximum Gasteiger partial charge on any atom is 0.350 e. The number of fused-ring (bicyclic) bond motifs is 2. The number of carbonyl (C=O) groups is 2. The number of thiazole rings is 1. The minimum absolute atomic E-state index is 0.0368. The molecule has 0 radical (unpaired) electrons. The summed E-state index contributed by atoms with van der Waals surface area (Å²) in [6.45, 7) is 6.39. The Hall–Kier alpha value is -3.50. The maximum absolute atomic E-state index is 13.8. The summed E-state index contributed by atoms with van der Waals surface area (Å²) in [4.78, 5) is 46.5. The second-order valence-electron chi connectivity index (χ2n) is 9.15. The molecule has 1 amide bonds. The molecule has 0 bridgehead atoms. The number of ether oxygens (including phenoxy) is 2. The summed E-state index contributed by atoms with van der Waals surface area (Å²) in [6.07, 6.45) is 3.16. The van der Waals surface area contributed by atoms with Gasteiger partial charge in [-0.25, -0.2) is 9.78 Å². The second kappa shape index (κ2) is 11.3. The highest BCUT2D eigenvalue weighted by Crippen LogP contribution is 2.43. The van der Waals surface area contributed by atoms with E-state index in [1.54, 1.807) is 32.0 Å². The van der Waals surface area contributed by atoms with Crippen LogP contribution in [0.3, 0.4) is 0 Å². The van der Waals surface area contributed by atoms with Gasteiger partial charge in [0.1, 0.15) is 16.2 Å². The number of aromatic nitrogens is 1. The summed E-state index contributed by atoms with van der Waals surface area (Å²) in [6, 6.07) is 11.6. The van der Waals surface area contributed by atoms with Gasteiger partial charge in [-0.05, 0) is 56.2 Å². The summed E-state index contributed by atoms with van der Waals surface area (Å²) in [7, 11) is 0. The van der Waals surface area contributed by atoms with Crippen LogP contribution < -0.4 is 15.1 Å². The van der Waals surface area contributed by atoms with Crippen LogP contribution in [0, 0.1) is 6.92 Å². The molecule has 0 aliphatic carbocycles. The Balaban J connectivity index is 1.62. The van der Waals surface area contributed by atoms with Crippen LogP contribution >= 0.6 is 27.3 Å². The highest BCUT2D eigenvalue weighted by atomic mass is 79.9. The fourth-order valence-electron chi connectivity index (χ4n) is 4.62. The van der Waals surface area contributed by atoms with E-state index in [2.05, 4.69) is 27.8 Å². The number of benzene rings is 2. The Kier molecular flexibility index (Phi) is 7.86. The summed E-state index contributed by atoms with van der Waals surface area (Å²) in [5, 5.41) is 0.641. The second-order valence-corrected chi connectivity index (χ2v) is 11.0. The number of halogens is 1. The molecule has 1 aliphatic heterocycles. The molecule has 39 heavy (non-hydrogen) atoms. The van der Waals surface area contributed by atoms with Crippen LogP contribution in [0.5, 0.6) is 5.75 Å². The topological polar surface area (TPSA) is 98.9 Å². The minimum Gasteiger partial charge on any atom is -0.494 e. The molecule has 10 heteroatoms. The smallest absolute Gasteiger partial charge is 0.350 e. The van der Waals surface area contributed by atoms with Gasteiger partial charge in [-0.15, -0.1) is 0 Å². The third-order valence-corrected chi connectivity index (χ3v) is 8.13. The fourth-order valence-corrected chi connectivity index (χ4v) is 5.97. The van der Waals surface area contributed by atoms with Gasteiger partial charge in [0.05, 0.1) is 35.9 Å². The van der Waals surface area contributed by atoms with E-state index < -0.39 is 17.9 Å². The van der Waals surface area contributed by atoms with E-state index in [1.165, 1.54) is 4.90 Å². The normalized spacial score (nSPS) is 14.6. The number of unbranched alkanes of at least 4 members (excludes halogenated alkanes) is 2. The lowest BCUT2D eigenvalue weighted by Gasteiger charge is -2.22. The van der Waals surface area contributed by atoms with Gasteiger partial charge >= 0.3 is 5.97 Å². The van der Waals surface area contributed by atoms with Crippen LogP contribution in [-0.4, -0.2) is 30.1 Å². The number of carbonyl (C=O) groups excluding carboxylic acids is 2. The summed E-state index contributed by atoms with van der Waals surface area (Å²) in [5.74, 6) is -0.338. The Morgan fingerprint density at radius 1 is 1.13 bits per heavy atom. The molecule has 1 unspecified atom stereocenters. The average molecular weight is 612 g/mol. The number of rotatable bonds is 9. The van der Waals surface area contributed by atoms with Crippen LogP contribution in [0.25, 0.3) is 11.0 Å². The van der Waals surface area contributed by atoms with Crippen molar-refractivity contribution < 1.29 is 23.5 Å². The van der Waals surface area contributed by atoms with E-state index >= 15 is 0 Å². The SMILES string of the molecule is CCCCCOc1ccc(C2c3c(oc4ccc(Br)cc4c3=O)C(=O)N2c2nc(C)c(C(=O)OCC)s2)cc1. The predicted molar refractivity (Wildman–Crippen MR) is 153 cm³/mol. The van der Waals surface area contributed by atoms with Crippen molar-refractivity contribution in [2.45, 2.75) is 46.1 Å². The number of anilines is 1. The molecule has 3 heterocycles. The molecule has 0 fully saturated rings. The molecule has 4 aromatic rings. The Morgan fingerprint density at radius 3 is 2.62 bits per heavy atom. The number of amides is 1. The molecule has 0 N–H and O–H groups in total. The van der Waals surface area contributed by atoms with Crippen LogP contribution in [0.1, 0.15) is 76.2 Å². The maximum atomic E-state index is 13.8. The first kappa shape index (κ1) is 27.1. The van der Waals surface area contributed by atoms with Crippen molar-refractivity contribution in [3.63, 3.8) is 0 Å². The van der Waals surface area contributed by atoms with Crippen LogP contribution in [0.4, 0.5) is 5.13 Å². The first-order valence-electron chi connectivity index (χ1n) is 12.8. The number of nitrogens with zero attached hydrogens (tertiary/aromatic N) is 2. The van der Waals surface area contributed by atoms with Crippen LogP contribution in [0.15, 0.2) is 56.1 Å². The predicted octanol–water partition coefficient (Wildman–Crippen LogP) is 6.82. The number of aryl methyl sites for hydroxylation is 1.